The third kappa shape index (κ3) is 3.86. The first-order valence-electron chi connectivity index (χ1n) is 6.64. The largest absolute Gasteiger partial charge is 0.310 e. The van der Waals surface area contributed by atoms with Crippen LogP contribution in [0.25, 0.3) is 0 Å². The fraction of sp³-hybridized carbons (Fsp3) is 0.250. The van der Waals surface area contributed by atoms with Crippen LogP contribution in [0.2, 0.25) is 0 Å². The molecule has 0 bridgehead atoms. The van der Waals surface area contributed by atoms with Crippen LogP contribution in [0.5, 0.6) is 0 Å². The molecule has 0 aromatic heterocycles. The number of hydrogen-bond donors (Lipinski definition) is 1. The lowest BCUT2D eigenvalue weighted by Crippen LogP contribution is -2.24. The number of halogens is 4. The van der Waals surface area contributed by atoms with Crippen LogP contribution in [0, 0.1) is 17.5 Å². The minimum absolute atomic E-state index is 0.171. The highest BCUT2D eigenvalue weighted by Gasteiger charge is 2.19. The lowest BCUT2D eigenvalue weighted by Gasteiger charge is -2.20. The summed E-state index contributed by atoms with van der Waals surface area (Å²) in [7, 11) is 0. The van der Waals surface area contributed by atoms with E-state index in [9.17, 15) is 13.2 Å². The van der Waals surface area contributed by atoms with Crippen LogP contribution in [-0.2, 0) is 6.42 Å². The van der Waals surface area contributed by atoms with Gasteiger partial charge in [0.1, 0.15) is 17.5 Å². The average Bonchev–Trinajstić information content (AvgIpc) is 2.45. The zero-order valence-electron chi connectivity index (χ0n) is 11.5. The maximum absolute atomic E-state index is 14.2. The molecular weight excluding hydrogens is 343 g/mol. The normalized spacial score (nSPS) is 12.4. The number of rotatable bonds is 5. The third-order valence-electron chi connectivity index (χ3n) is 3.24. The topological polar surface area (TPSA) is 12.0 Å². The molecule has 0 aliphatic heterocycles. The van der Waals surface area contributed by atoms with Crippen molar-refractivity contribution in [2.45, 2.75) is 19.4 Å². The Morgan fingerprint density at radius 3 is 2.62 bits per heavy atom. The molecule has 1 N–H and O–H groups in total. The molecule has 2 aromatic rings. The Labute approximate surface area is 130 Å². The monoisotopic (exact) mass is 357 g/mol. The summed E-state index contributed by atoms with van der Waals surface area (Å²) in [5, 5.41) is 3.11. The molecule has 21 heavy (non-hydrogen) atoms. The van der Waals surface area contributed by atoms with Crippen LogP contribution < -0.4 is 5.32 Å². The first-order valence-corrected chi connectivity index (χ1v) is 7.43. The minimum atomic E-state index is -0.503. The van der Waals surface area contributed by atoms with Crippen LogP contribution in [0.4, 0.5) is 13.2 Å². The Morgan fingerprint density at radius 2 is 1.90 bits per heavy atom. The Bertz CT molecular complexity index is 631. The van der Waals surface area contributed by atoms with Crippen molar-refractivity contribution in [3.05, 3.63) is 69.4 Å². The molecule has 0 saturated heterocycles. The molecule has 0 aliphatic carbocycles. The highest BCUT2D eigenvalue weighted by atomic mass is 79.9. The second-order valence-corrected chi connectivity index (χ2v) is 5.55. The van der Waals surface area contributed by atoms with Crippen molar-refractivity contribution in [3.8, 4) is 0 Å². The van der Waals surface area contributed by atoms with Gasteiger partial charge in [-0.1, -0.05) is 19.1 Å². The van der Waals surface area contributed by atoms with Gasteiger partial charge in [-0.05, 0) is 58.7 Å². The molecule has 112 valence electrons. The summed E-state index contributed by atoms with van der Waals surface area (Å²) < 4.78 is 41.6. The Hall–Kier alpha value is -1.33. The molecule has 0 radical (unpaired) electrons. The number of nitrogens with one attached hydrogen (secondary N) is 1. The molecule has 0 spiro atoms. The molecule has 0 aliphatic rings. The molecule has 1 atom stereocenters. The Kier molecular flexibility index (Phi) is 5.42. The van der Waals surface area contributed by atoms with Gasteiger partial charge in [-0.3, -0.25) is 0 Å². The zero-order chi connectivity index (χ0) is 15.4. The van der Waals surface area contributed by atoms with E-state index in [0.717, 1.165) is 18.2 Å². The summed E-state index contributed by atoms with van der Waals surface area (Å²) in [6.45, 7) is 2.47. The summed E-state index contributed by atoms with van der Waals surface area (Å²) >= 11 is 3.14. The molecular formula is C16H15BrF3N. The van der Waals surface area contributed by atoms with E-state index in [0.29, 0.717) is 16.6 Å². The van der Waals surface area contributed by atoms with Crippen LogP contribution >= 0.6 is 15.9 Å². The van der Waals surface area contributed by atoms with Crippen molar-refractivity contribution >= 4 is 15.9 Å². The van der Waals surface area contributed by atoms with Crippen LogP contribution in [-0.4, -0.2) is 6.54 Å². The van der Waals surface area contributed by atoms with E-state index in [4.69, 9.17) is 0 Å². The molecule has 0 fully saturated rings. The number of likely N-dealkylation sites (N-methyl/N-ethyl adjacent to an activating group) is 1. The number of hydrogen-bond acceptors (Lipinski definition) is 1. The van der Waals surface area contributed by atoms with Gasteiger partial charge in [-0.25, -0.2) is 13.2 Å². The van der Waals surface area contributed by atoms with Gasteiger partial charge in [0.15, 0.2) is 0 Å². The molecule has 2 aromatic carbocycles. The predicted molar refractivity (Wildman–Crippen MR) is 80.6 cm³/mol. The maximum Gasteiger partial charge on any atom is 0.142 e. The molecule has 0 heterocycles. The van der Waals surface area contributed by atoms with Gasteiger partial charge in [-0.15, -0.1) is 0 Å². The fourth-order valence-electron chi connectivity index (χ4n) is 2.25. The summed E-state index contributed by atoms with van der Waals surface area (Å²) in [6, 6.07) is 7.84. The van der Waals surface area contributed by atoms with Gasteiger partial charge in [0.2, 0.25) is 0 Å². The molecule has 0 amide bonds. The van der Waals surface area contributed by atoms with Crippen molar-refractivity contribution in [3.63, 3.8) is 0 Å². The van der Waals surface area contributed by atoms with E-state index in [-0.39, 0.29) is 17.8 Å². The lowest BCUT2D eigenvalue weighted by atomic mass is 9.98. The predicted octanol–water partition coefficient (Wildman–Crippen LogP) is 4.76. The van der Waals surface area contributed by atoms with Gasteiger partial charge in [0.05, 0.1) is 4.47 Å². The average molecular weight is 358 g/mol. The van der Waals surface area contributed by atoms with E-state index in [1.807, 2.05) is 6.92 Å². The van der Waals surface area contributed by atoms with E-state index in [1.54, 1.807) is 18.2 Å². The summed E-state index contributed by atoms with van der Waals surface area (Å²) in [5.74, 6) is -1.38. The van der Waals surface area contributed by atoms with Crippen molar-refractivity contribution in [1.82, 2.24) is 5.32 Å². The standard InChI is InChI=1S/C16H15BrF3N/c1-2-21-15(12-4-3-5-13(17)16(12)20)9-10-8-11(18)6-7-14(10)19/h3-8,15,21H,2,9H2,1H3. The van der Waals surface area contributed by atoms with Gasteiger partial charge in [0.25, 0.3) is 0 Å². The van der Waals surface area contributed by atoms with Crippen LogP contribution in [0.1, 0.15) is 24.1 Å². The highest BCUT2D eigenvalue weighted by Crippen LogP contribution is 2.27. The van der Waals surface area contributed by atoms with Crippen LogP contribution in [0.15, 0.2) is 40.9 Å². The molecule has 1 unspecified atom stereocenters. The number of benzene rings is 2. The Morgan fingerprint density at radius 1 is 1.14 bits per heavy atom. The van der Waals surface area contributed by atoms with E-state index < -0.39 is 17.7 Å². The van der Waals surface area contributed by atoms with Crippen LogP contribution in [0.3, 0.4) is 0 Å². The van der Waals surface area contributed by atoms with Crippen molar-refractivity contribution < 1.29 is 13.2 Å². The van der Waals surface area contributed by atoms with E-state index in [1.165, 1.54) is 0 Å². The summed E-state index contributed by atoms with van der Waals surface area (Å²) in [4.78, 5) is 0. The second-order valence-electron chi connectivity index (χ2n) is 4.69. The van der Waals surface area contributed by atoms with Crippen molar-refractivity contribution in [1.29, 1.82) is 0 Å². The van der Waals surface area contributed by atoms with Gasteiger partial charge < -0.3 is 5.32 Å². The molecule has 5 heteroatoms. The van der Waals surface area contributed by atoms with Gasteiger partial charge >= 0.3 is 0 Å². The smallest absolute Gasteiger partial charge is 0.142 e. The minimum Gasteiger partial charge on any atom is -0.310 e. The first kappa shape index (κ1) is 16.0. The summed E-state index contributed by atoms with van der Waals surface area (Å²) in [6.07, 6.45) is 0.171. The molecule has 2 rings (SSSR count). The first-order chi connectivity index (χ1) is 10.0. The molecule has 0 saturated carbocycles. The summed E-state index contributed by atoms with van der Waals surface area (Å²) in [5.41, 5.74) is 0.648. The maximum atomic E-state index is 14.2. The Balaban J connectivity index is 2.35. The SMILES string of the molecule is CCNC(Cc1cc(F)ccc1F)c1cccc(Br)c1F. The lowest BCUT2D eigenvalue weighted by molar-refractivity contribution is 0.493. The second kappa shape index (κ2) is 7.09. The van der Waals surface area contributed by atoms with E-state index >= 15 is 0 Å². The zero-order valence-corrected chi connectivity index (χ0v) is 13.1. The fourth-order valence-corrected chi connectivity index (χ4v) is 2.63. The quantitative estimate of drug-likeness (QED) is 0.813. The van der Waals surface area contributed by atoms with Crippen molar-refractivity contribution in [2.75, 3.05) is 6.54 Å². The molecule has 1 nitrogen and oxygen atoms in total. The van der Waals surface area contributed by atoms with Gasteiger partial charge in [0, 0.05) is 11.6 Å². The van der Waals surface area contributed by atoms with Gasteiger partial charge in [-0.2, -0.15) is 0 Å². The third-order valence-corrected chi connectivity index (χ3v) is 3.85. The van der Waals surface area contributed by atoms with E-state index in [2.05, 4.69) is 21.2 Å². The highest BCUT2D eigenvalue weighted by molar-refractivity contribution is 9.10. The van der Waals surface area contributed by atoms with Crippen molar-refractivity contribution in [2.24, 2.45) is 0 Å².